The highest BCUT2D eigenvalue weighted by Gasteiger charge is 2.28. The second-order valence-corrected chi connectivity index (χ2v) is 8.16. The molecule has 1 saturated heterocycles. The van der Waals surface area contributed by atoms with Gasteiger partial charge in [0.05, 0.1) is 16.0 Å². The summed E-state index contributed by atoms with van der Waals surface area (Å²) in [5, 5.41) is 21.9. The Labute approximate surface area is 174 Å². The molecule has 4 rings (SSSR count). The summed E-state index contributed by atoms with van der Waals surface area (Å²) in [7, 11) is 0. The van der Waals surface area contributed by atoms with Crippen LogP contribution in [0.2, 0.25) is 0 Å². The smallest absolute Gasteiger partial charge is 0.293 e. The molecule has 30 heavy (non-hydrogen) atoms. The Morgan fingerprint density at radius 1 is 1.17 bits per heavy atom. The fourth-order valence-electron chi connectivity index (χ4n) is 4.51. The number of nitrogens with zero attached hydrogens (tertiary/aromatic N) is 4. The minimum atomic E-state index is -0.426. The molecular weight excluding hydrogens is 380 g/mol. The number of fused-ring (bicyclic) bond motifs is 1. The fourth-order valence-corrected chi connectivity index (χ4v) is 4.51. The number of hydrogen-bond acceptors (Lipinski definition) is 5. The maximum atomic E-state index is 13.2. The van der Waals surface area contributed by atoms with Crippen molar-refractivity contribution in [2.75, 3.05) is 18.0 Å². The molecule has 3 aromatic rings. The van der Waals surface area contributed by atoms with Crippen molar-refractivity contribution in [1.82, 2.24) is 4.57 Å². The SMILES string of the molecule is C[C@H]1C[C@H](C)CN(c2ccc(C(=O)n3cc(C#N)c4ccccc43)cc2[N+](=O)[O-])C1. The number of carbonyl (C=O) groups is 1. The standard InChI is InChI=1S/C23H22N4O3/c1-15-9-16(2)13-25(12-15)21-8-7-17(10-22(21)27(29)30)23(28)26-14-18(11-24)19-5-3-4-6-20(19)26/h3-8,10,14-16H,9,12-13H2,1-2H3/t15-,16-/m0/s1. The molecule has 7 nitrogen and oxygen atoms in total. The third-order valence-electron chi connectivity index (χ3n) is 5.68. The lowest BCUT2D eigenvalue weighted by Gasteiger charge is -2.36. The van der Waals surface area contributed by atoms with E-state index < -0.39 is 10.8 Å². The van der Waals surface area contributed by atoms with Gasteiger partial charge in [0.1, 0.15) is 11.8 Å². The Kier molecular flexibility index (Phi) is 5.00. The van der Waals surface area contributed by atoms with Gasteiger partial charge in [0.15, 0.2) is 0 Å². The summed E-state index contributed by atoms with van der Waals surface area (Å²) >= 11 is 0. The van der Waals surface area contributed by atoms with Gasteiger partial charge in [-0.2, -0.15) is 5.26 Å². The van der Waals surface area contributed by atoms with Crippen molar-refractivity contribution in [2.45, 2.75) is 20.3 Å². The Bertz CT molecular complexity index is 1180. The van der Waals surface area contributed by atoms with E-state index in [1.165, 1.54) is 16.8 Å². The predicted octanol–water partition coefficient (Wildman–Crippen LogP) is 4.59. The van der Waals surface area contributed by atoms with E-state index in [0.29, 0.717) is 34.0 Å². The second-order valence-electron chi connectivity index (χ2n) is 8.16. The van der Waals surface area contributed by atoms with Crippen molar-refractivity contribution in [3.63, 3.8) is 0 Å². The highest BCUT2D eigenvalue weighted by atomic mass is 16.6. The number of anilines is 1. The first-order chi connectivity index (χ1) is 14.4. The van der Waals surface area contributed by atoms with E-state index in [4.69, 9.17) is 0 Å². The van der Waals surface area contributed by atoms with Crippen LogP contribution in [0.25, 0.3) is 10.9 Å². The third-order valence-corrected chi connectivity index (χ3v) is 5.68. The van der Waals surface area contributed by atoms with Crippen LogP contribution in [-0.2, 0) is 0 Å². The number of nitriles is 1. The van der Waals surface area contributed by atoms with Gasteiger partial charge in [-0.3, -0.25) is 19.5 Å². The molecule has 0 aliphatic carbocycles. The molecule has 2 heterocycles. The quantitative estimate of drug-likeness (QED) is 0.472. The van der Waals surface area contributed by atoms with E-state index >= 15 is 0 Å². The monoisotopic (exact) mass is 402 g/mol. The molecule has 7 heteroatoms. The molecule has 1 fully saturated rings. The first-order valence-corrected chi connectivity index (χ1v) is 9.97. The first-order valence-electron chi connectivity index (χ1n) is 9.97. The van der Waals surface area contributed by atoms with Crippen molar-refractivity contribution >= 4 is 28.2 Å². The van der Waals surface area contributed by atoms with Gasteiger partial charge in [-0.25, -0.2) is 0 Å². The molecule has 1 aliphatic heterocycles. The van der Waals surface area contributed by atoms with Gasteiger partial charge in [0, 0.05) is 36.3 Å². The van der Waals surface area contributed by atoms with Gasteiger partial charge in [-0.05, 0) is 36.5 Å². The minimum absolute atomic E-state index is 0.0703. The van der Waals surface area contributed by atoms with Crippen LogP contribution in [0, 0.1) is 33.3 Å². The summed E-state index contributed by atoms with van der Waals surface area (Å²) in [4.78, 5) is 26.6. The molecule has 0 saturated carbocycles. The molecule has 1 aliphatic rings. The number of aromatic nitrogens is 1. The highest BCUT2D eigenvalue weighted by Crippen LogP contribution is 2.34. The summed E-state index contributed by atoms with van der Waals surface area (Å²) in [5.74, 6) is 0.498. The lowest BCUT2D eigenvalue weighted by molar-refractivity contribution is -0.384. The lowest BCUT2D eigenvalue weighted by atomic mass is 9.91. The predicted molar refractivity (Wildman–Crippen MR) is 115 cm³/mol. The Balaban J connectivity index is 1.76. The van der Waals surface area contributed by atoms with Crippen LogP contribution in [0.3, 0.4) is 0 Å². The van der Waals surface area contributed by atoms with E-state index in [1.807, 2.05) is 4.90 Å². The van der Waals surface area contributed by atoms with Crippen LogP contribution in [0.4, 0.5) is 11.4 Å². The molecule has 0 N–H and O–H groups in total. The van der Waals surface area contributed by atoms with Crippen molar-refractivity contribution in [1.29, 1.82) is 5.26 Å². The molecule has 0 bridgehead atoms. The third kappa shape index (κ3) is 3.41. The number of rotatable bonds is 3. The van der Waals surface area contributed by atoms with Gasteiger partial charge >= 0.3 is 0 Å². The number of nitro groups is 1. The molecule has 2 aromatic carbocycles. The molecule has 0 radical (unpaired) electrons. The summed E-state index contributed by atoms with van der Waals surface area (Å²) in [6, 6.07) is 13.9. The zero-order chi connectivity index (χ0) is 21.4. The molecule has 1 aromatic heterocycles. The maximum Gasteiger partial charge on any atom is 0.293 e. The minimum Gasteiger partial charge on any atom is -0.365 e. The molecule has 2 atom stereocenters. The van der Waals surface area contributed by atoms with Gasteiger partial charge in [0.25, 0.3) is 11.6 Å². The van der Waals surface area contributed by atoms with Crippen molar-refractivity contribution in [3.05, 3.63) is 69.9 Å². The number of benzene rings is 2. The second kappa shape index (κ2) is 7.64. The summed E-state index contributed by atoms with van der Waals surface area (Å²) < 4.78 is 1.39. The van der Waals surface area contributed by atoms with Gasteiger partial charge in [-0.15, -0.1) is 0 Å². The summed E-state index contributed by atoms with van der Waals surface area (Å²) in [5.41, 5.74) is 1.68. The maximum absolute atomic E-state index is 13.2. The Morgan fingerprint density at radius 3 is 2.53 bits per heavy atom. The number of hydrogen-bond donors (Lipinski definition) is 0. The number of piperidine rings is 1. The van der Waals surface area contributed by atoms with E-state index in [9.17, 15) is 20.2 Å². The molecule has 0 amide bonds. The van der Waals surface area contributed by atoms with Crippen LogP contribution >= 0.6 is 0 Å². The summed E-state index contributed by atoms with van der Waals surface area (Å²) in [6.07, 6.45) is 2.59. The van der Waals surface area contributed by atoms with E-state index in [1.54, 1.807) is 36.4 Å². The average Bonchev–Trinajstić information content (AvgIpc) is 3.11. The van der Waals surface area contributed by atoms with Crippen LogP contribution in [0.15, 0.2) is 48.7 Å². The first kappa shape index (κ1) is 19.6. The van der Waals surface area contributed by atoms with Gasteiger partial charge in [0.2, 0.25) is 0 Å². The molecule has 152 valence electrons. The van der Waals surface area contributed by atoms with Crippen LogP contribution in [0.1, 0.15) is 36.2 Å². The van der Waals surface area contributed by atoms with Crippen molar-refractivity contribution < 1.29 is 9.72 Å². The van der Waals surface area contributed by atoms with E-state index in [-0.39, 0.29) is 11.3 Å². The normalized spacial score (nSPS) is 18.9. The number of carbonyl (C=O) groups excluding carboxylic acids is 1. The molecular formula is C23H22N4O3. The molecule has 0 spiro atoms. The van der Waals surface area contributed by atoms with Crippen molar-refractivity contribution in [2.24, 2.45) is 11.8 Å². The largest absolute Gasteiger partial charge is 0.365 e. The summed E-state index contributed by atoms with van der Waals surface area (Å²) in [6.45, 7) is 5.81. The van der Waals surface area contributed by atoms with Gasteiger partial charge in [-0.1, -0.05) is 32.0 Å². The fraction of sp³-hybridized carbons (Fsp3) is 0.304. The molecule has 0 unspecified atom stereocenters. The number of nitro benzene ring substituents is 1. The van der Waals surface area contributed by atoms with Crippen LogP contribution in [-0.4, -0.2) is 28.5 Å². The van der Waals surface area contributed by atoms with E-state index in [2.05, 4.69) is 19.9 Å². The zero-order valence-electron chi connectivity index (χ0n) is 16.9. The van der Waals surface area contributed by atoms with Crippen LogP contribution in [0.5, 0.6) is 0 Å². The Morgan fingerprint density at radius 2 is 1.87 bits per heavy atom. The van der Waals surface area contributed by atoms with Gasteiger partial charge < -0.3 is 4.90 Å². The average molecular weight is 402 g/mol. The van der Waals surface area contributed by atoms with Crippen molar-refractivity contribution in [3.8, 4) is 6.07 Å². The number of para-hydroxylation sites is 1. The topological polar surface area (TPSA) is 92.2 Å². The van der Waals surface area contributed by atoms with Crippen LogP contribution < -0.4 is 4.90 Å². The van der Waals surface area contributed by atoms with E-state index in [0.717, 1.165) is 19.5 Å². The Hall–Kier alpha value is -3.66. The lowest BCUT2D eigenvalue weighted by Crippen LogP contribution is -2.39. The highest BCUT2D eigenvalue weighted by molar-refractivity contribution is 6.04. The zero-order valence-corrected chi connectivity index (χ0v) is 16.9.